The molecular formula is C20H20N2O2. The van der Waals surface area contributed by atoms with Gasteiger partial charge in [-0.15, -0.1) is 0 Å². The van der Waals surface area contributed by atoms with E-state index in [9.17, 15) is 0 Å². The molecule has 24 heavy (non-hydrogen) atoms. The maximum Gasteiger partial charge on any atom is 0.125 e. The second-order valence-electron chi connectivity index (χ2n) is 6.16. The van der Waals surface area contributed by atoms with Crippen molar-refractivity contribution < 1.29 is 9.47 Å². The number of benzene rings is 2. The van der Waals surface area contributed by atoms with Gasteiger partial charge < -0.3 is 9.47 Å². The Balaban J connectivity index is 1.71. The van der Waals surface area contributed by atoms with Crippen molar-refractivity contribution in [3.05, 3.63) is 54.6 Å². The Morgan fingerprint density at radius 2 is 2.00 bits per heavy atom. The molecular weight excluding hydrogens is 300 g/mol. The van der Waals surface area contributed by atoms with Crippen molar-refractivity contribution >= 4 is 10.8 Å². The summed E-state index contributed by atoms with van der Waals surface area (Å²) in [4.78, 5) is 8.66. The second kappa shape index (κ2) is 6.57. The zero-order chi connectivity index (χ0) is 16.4. The Hall–Kier alpha value is -2.46. The average Bonchev–Trinajstić information content (AvgIpc) is 3.13. The molecule has 0 amide bonds. The Morgan fingerprint density at radius 3 is 2.79 bits per heavy atom. The topological polar surface area (TPSA) is 44.2 Å². The fourth-order valence-electron chi connectivity index (χ4n) is 3.10. The minimum Gasteiger partial charge on any atom is -0.491 e. The number of hydrogen-bond donors (Lipinski definition) is 0. The van der Waals surface area contributed by atoms with Crippen LogP contribution in [0.5, 0.6) is 5.75 Å². The van der Waals surface area contributed by atoms with E-state index < -0.39 is 0 Å². The zero-order valence-corrected chi connectivity index (χ0v) is 13.7. The molecule has 0 saturated carbocycles. The lowest BCUT2D eigenvalue weighted by Gasteiger charge is -2.14. The van der Waals surface area contributed by atoms with Crippen molar-refractivity contribution in [2.24, 2.45) is 0 Å². The van der Waals surface area contributed by atoms with Crippen molar-refractivity contribution in [3.63, 3.8) is 0 Å². The number of rotatable bonds is 4. The lowest BCUT2D eigenvalue weighted by atomic mass is 10.00. The van der Waals surface area contributed by atoms with Gasteiger partial charge in [0.1, 0.15) is 18.2 Å². The summed E-state index contributed by atoms with van der Waals surface area (Å²) in [7, 11) is 0. The molecule has 0 bridgehead atoms. The van der Waals surface area contributed by atoms with Gasteiger partial charge in [0, 0.05) is 24.6 Å². The van der Waals surface area contributed by atoms with Gasteiger partial charge in [-0.2, -0.15) is 0 Å². The lowest BCUT2D eigenvalue weighted by molar-refractivity contribution is 0.0680. The van der Waals surface area contributed by atoms with E-state index >= 15 is 0 Å². The molecule has 3 aromatic rings. The van der Waals surface area contributed by atoms with Crippen LogP contribution in [0.2, 0.25) is 0 Å². The summed E-state index contributed by atoms with van der Waals surface area (Å²) in [5, 5.41) is 2.33. The molecule has 1 aliphatic heterocycles. The maximum absolute atomic E-state index is 6.02. The van der Waals surface area contributed by atoms with Gasteiger partial charge in [-0.05, 0) is 48.2 Å². The van der Waals surface area contributed by atoms with Crippen molar-refractivity contribution in [1.29, 1.82) is 0 Å². The van der Waals surface area contributed by atoms with E-state index in [4.69, 9.17) is 9.47 Å². The van der Waals surface area contributed by atoms with Crippen molar-refractivity contribution in [3.8, 4) is 16.9 Å². The third-order valence-electron chi connectivity index (χ3n) is 4.39. The first-order valence-electron chi connectivity index (χ1n) is 8.36. The molecule has 0 aliphatic carbocycles. The van der Waals surface area contributed by atoms with Crippen LogP contribution in [-0.2, 0) is 4.74 Å². The number of ether oxygens (including phenoxy) is 2. The largest absolute Gasteiger partial charge is 0.491 e. The summed E-state index contributed by atoms with van der Waals surface area (Å²) in [5.41, 5.74) is 2.09. The van der Waals surface area contributed by atoms with Gasteiger partial charge in [0.25, 0.3) is 0 Å². The number of hydrogen-bond acceptors (Lipinski definition) is 4. The van der Waals surface area contributed by atoms with E-state index in [0.717, 1.165) is 47.5 Å². The molecule has 1 saturated heterocycles. The fraction of sp³-hybridized carbons (Fsp3) is 0.300. The molecule has 4 rings (SSSR count). The van der Waals surface area contributed by atoms with Crippen LogP contribution in [0.1, 0.15) is 18.7 Å². The first-order chi connectivity index (χ1) is 11.8. The fourth-order valence-corrected chi connectivity index (χ4v) is 3.10. The quantitative estimate of drug-likeness (QED) is 0.724. The van der Waals surface area contributed by atoms with Crippen LogP contribution in [0.4, 0.5) is 0 Å². The molecule has 4 heteroatoms. The third-order valence-corrected chi connectivity index (χ3v) is 4.39. The molecule has 0 radical (unpaired) electrons. The smallest absolute Gasteiger partial charge is 0.125 e. The van der Waals surface area contributed by atoms with Crippen molar-refractivity contribution in [2.75, 3.05) is 13.2 Å². The molecule has 2 aromatic carbocycles. The molecule has 0 spiro atoms. The predicted molar refractivity (Wildman–Crippen MR) is 94.2 cm³/mol. The van der Waals surface area contributed by atoms with E-state index in [0.29, 0.717) is 6.61 Å². The molecule has 1 atom stereocenters. The normalized spacial score (nSPS) is 17.3. The van der Waals surface area contributed by atoms with Crippen LogP contribution >= 0.6 is 0 Å². The second-order valence-corrected chi connectivity index (χ2v) is 6.16. The summed E-state index contributed by atoms with van der Waals surface area (Å²) in [5.74, 6) is 1.63. The summed E-state index contributed by atoms with van der Waals surface area (Å²) < 4.78 is 11.7. The highest BCUT2D eigenvalue weighted by Gasteiger charge is 2.16. The van der Waals surface area contributed by atoms with E-state index in [1.165, 1.54) is 5.39 Å². The summed E-state index contributed by atoms with van der Waals surface area (Å²) in [6.07, 6.45) is 6.15. The van der Waals surface area contributed by atoms with Crippen molar-refractivity contribution in [1.82, 2.24) is 9.97 Å². The van der Waals surface area contributed by atoms with Gasteiger partial charge >= 0.3 is 0 Å². The zero-order valence-electron chi connectivity index (χ0n) is 13.7. The number of nitrogens with zero attached hydrogens (tertiary/aromatic N) is 2. The Morgan fingerprint density at radius 1 is 1.17 bits per heavy atom. The lowest BCUT2D eigenvalue weighted by Crippen LogP contribution is -2.16. The molecule has 122 valence electrons. The van der Waals surface area contributed by atoms with Crippen LogP contribution in [-0.4, -0.2) is 29.3 Å². The van der Waals surface area contributed by atoms with E-state index in [2.05, 4.69) is 34.2 Å². The van der Waals surface area contributed by atoms with Crippen molar-refractivity contribution in [2.45, 2.75) is 25.9 Å². The van der Waals surface area contributed by atoms with Crippen LogP contribution in [0, 0.1) is 6.92 Å². The summed E-state index contributed by atoms with van der Waals surface area (Å²) >= 11 is 0. The molecule has 1 unspecified atom stereocenters. The number of aromatic nitrogens is 2. The van der Waals surface area contributed by atoms with E-state index in [1.807, 2.05) is 31.5 Å². The van der Waals surface area contributed by atoms with Crippen LogP contribution in [0.15, 0.2) is 48.8 Å². The molecule has 1 aromatic heterocycles. The van der Waals surface area contributed by atoms with E-state index in [1.54, 1.807) is 0 Å². The predicted octanol–water partition coefficient (Wildman–Crippen LogP) is 4.16. The minimum atomic E-state index is 0.211. The molecule has 4 nitrogen and oxygen atoms in total. The Bertz CT molecular complexity index is 840. The molecule has 1 aliphatic rings. The minimum absolute atomic E-state index is 0.211. The van der Waals surface area contributed by atoms with Gasteiger partial charge in [-0.3, -0.25) is 0 Å². The highest BCUT2D eigenvalue weighted by molar-refractivity contribution is 5.97. The standard InChI is InChI=1S/C20H20N2O2/c1-14-21-11-16(12-22-14)20-10-18(24-13-17-6-4-8-23-17)9-15-5-2-3-7-19(15)20/h2-3,5,7,9-12,17H,4,6,8,13H2,1H3. The van der Waals surface area contributed by atoms with Crippen LogP contribution in [0.3, 0.4) is 0 Å². The maximum atomic E-state index is 6.02. The highest BCUT2D eigenvalue weighted by Crippen LogP contribution is 2.32. The average molecular weight is 320 g/mol. The van der Waals surface area contributed by atoms with Gasteiger partial charge in [-0.1, -0.05) is 24.3 Å². The number of aryl methyl sites for hydroxylation is 1. The van der Waals surface area contributed by atoms with Crippen LogP contribution < -0.4 is 4.74 Å². The highest BCUT2D eigenvalue weighted by atomic mass is 16.5. The first kappa shape index (κ1) is 15.1. The van der Waals surface area contributed by atoms with Gasteiger partial charge in [0.05, 0.1) is 6.10 Å². The third kappa shape index (κ3) is 3.10. The SMILES string of the molecule is Cc1ncc(-c2cc(OCC3CCCO3)cc3ccccc23)cn1. The number of fused-ring (bicyclic) bond motifs is 1. The van der Waals surface area contributed by atoms with E-state index in [-0.39, 0.29) is 6.10 Å². The van der Waals surface area contributed by atoms with Gasteiger partial charge in [0.2, 0.25) is 0 Å². The Labute approximate surface area is 141 Å². The molecule has 2 heterocycles. The molecule has 0 N–H and O–H groups in total. The summed E-state index contributed by atoms with van der Waals surface area (Å²) in [6, 6.07) is 12.5. The monoisotopic (exact) mass is 320 g/mol. The Kier molecular flexibility index (Phi) is 4.13. The van der Waals surface area contributed by atoms with Gasteiger partial charge in [0.15, 0.2) is 0 Å². The van der Waals surface area contributed by atoms with Crippen LogP contribution in [0.25, 0.3) is 21.9 Å². The first-order valence-corrected chi connectivity index (χ1v) is 8.36. The summed E-state index contributed by atoms with van der Waals surface area (Å²) in [6.45, 7) is 3.34. The molecule has 1 fully saturated rings. The van der Waals surface area contributed by atoms with Gasteiger partial charge in [-0.25, -0.2) is 9.97 Å².